The maximum atomic E-state index is 13.8. The van der Waals surface area contributed by atoms with E-state index < -0.39 is 0 Å². The second kappa shape index (κ2) is 7.65. The van der Waals surface area contributed by atoms with E-state index in [4.69, 9.17) is 0 Å². The van der Waals surface area contributed by atoms with Crippen molar-refractivity contribution >= 4 is 27.7 Å². The molecule has 1 atom stereocenters. The summed E-state index contributed by atoms with van der Waals surface area (Å²) in [5, 5.41) is 4.14. The first kappa shape index (κ1) is 15.3. The van der Waals surface area contributed by atoms with Crippen LogP contribution in [0.15, 0.2) is 22.7 Å². The zero-order valence-electron chi connectivity index (χ0n) is 11.3. The molecule has 1 unspecified atom stereocenters. The van der Waals surface area contributed by atoms with Crippen molar-refractivity contribution in [1.82, 2.24) is 5.32 Å². The Hall–Kier alpha value is -0.0600. The van der Waals surface area contributed by atoms with Gasteiger partial charge in [-0.1, -0.05) is 28.8 Å². The number of likely N-dealkylation sites (N-methyl/N-ethyl adjacent to an activating group) is 1. The van der Waals surface area contributed by atoms with Crippen molar-refractivity contribution in [2.45, 2.75) is 43.4 Å². The first-order chi connectivity index (χ1) is 9.19. The van der Waals surface area contributed by atoms with E-state index in [-0.39, 0.29) is 5.82 Å². The number of nitrogens with one attached hydrogen (secondary N) is 1. The van der Waals surface area contributed by atoms with Crippen LogP contribution in [-0.4, -0.2) is 24.1 Å². The summed E-state index contributed by atoms with van der Waals surface area (Å²) in [5.74, 6) is 0.960. The van der Waals surface area contributed by atoms with Crippen molar-refractivity contribution in [3.8, 4) is 0 Å². The number of hydrogen-bond donors (Lipinski definition) is 1. The molecule has 0 aliphatic heterocycles. The normalized spacial score (nSPS) is 17.8. The Bertz CT molecular complexity index is 407. The summed E-state index contributed by atoms with van der Waals surface area (Å²) in [4.78, 5) is 0. The fourth-order valence-corrected chi connectivity index (χ4v) is 4.38. The molecule has 0 bridgehead atoms. The van der Waals surface area contributed by atoms with Gasteiger partial charge in [0.15, 0.2) is 0 Å². The standard InChI is InChI=1S/C15H21BrFNS/c1-18-13(10-19-14-4-2-3-5-14)9-11-8-12(16)6-7-15(11)17/h6-8,13-14,18H,2-5,9-10H2,1H3. The Balaban J connectivity index is 1.88. The van der Waals surface area contributed by atoms with Gasteiger partial charge in [0.1, 0.15) is 5.82 Å². The number of hydrogen-bond acceptors (Lipinski definition) is 2. The van der Waals surface area contributed by atoms with Crippen molar-refractivity contribution in [1.29, 1.82) is 0 Å². The quantitative estimate of drug-likeness (QED) is 0.820. The van der Waals surface area contributed by atoms with Crippen molar-refractivity contribution in [3.05, 3.63) is 34.1 Å². The Morgan fingerprint density at radius 2 is 2.16 bits per heavy atom. The third kappa shape index (κ3) is 4.76. The van der Waals surface area contributed by atoms with E-state index in [1.165, 1.54) is 31.7 Å². The van der Waals surface area contributed by atoms with E-state index in [1.54, 1.807) is 6.07 Å². The van der Waals surface area contributed by atoms with Gasteiger partial charge in [-0.3, -0.25) is 0 Å². The summed E-state index contributed by atoms with van der Waals surface area (Å²) >= 11 is 5.46. The van der Waals surface area contributed by atoms with E-state index in [1.807, 2.05) is 24.9 Å². The summed E-state index contributed by atoms with van der Waals surface area (Å²) in [6.07, 6.45) is 6.21. The predicted octanol–water partition coefficient (Wildman–Crippen LogP) is 4.39. The van der Waals surface area contributed by atoms with Crippen LogP contribution in [0.2, 0.25) is 0 Å². The van der Waals surface area contributed by atoms with Crippen LogP contribution < -0.4 is 5.32 Å². The molecule has 0 saturated heterocycles. The van der Waals surface area contributed by atoms with Gasteiger partial charge in [0, 0.05) is 21.5 Å². The summed E-state index contributed by atoms with van der Waals surface area (Å²) in [6.45, 7) is 0. The highest BCUT2D eigenvalue weighted by atomic mass is 79.9. The molecule has 1 aliphatic rings. The molecule has 1 nitrogen and oxygen atoms in total. The third-order valence-electron chi connectivity index (χ3n) is 3.72. The molecular formula is C15H21BrFNS. The Kier molecular flexibility index (Phi) is 6.17. The second-order valence-electron chi connectivity index (χ2n) is 5.17. The number of thioether (sulfide) groups is 1. The van der Waals surface area contributed by atoms with Gasteiger partial charge in [-0.25, -0.2) is 4.39 Å². The molecular weight excluding hydrogens is 325 g/mol. The highest BCUT2D eigenvalue weighted by Crippen LogP contribution is 2.30. The second-order valence-corrected chi connectivity index (χ2v) is 7.41. The number of halogens is 2. The van der Waals surface area contributed by atoms with Crippen molar-refractivity contribution in [3.63, 3.8) is 0 Å². The minimum Gasteiger partial charge on any atom is -0.316 e. The molecule has 19 heavy (non-hydrogen) atoms. The lowest BCUT2D eigenvalue weighted by atomic mass is 10.1. The molecule has 0 spiro atoms. The smallest absolute Gasteiger partial charge is 0.126 e. The van der Waals surface area contributed by atoms with Crippen LogP contribution >= 0.6 is 27.7 Å². The first-order valence-electron chi connectivity index (χ1n) is 6.92. The average molecular weight is 346 g/mol. The Morgan fingerprint density at radius 3 is 2.84 bits per heavy atom. The molecule has 106 valence electrons. The summed E-state index contributed by atoms with van der Waals surface area (Å²) in [7, 11) is 1.97. The average Bonchev–Trinajstić information content (AvgIpc) is 2.91. The van der Waals surface area contributed by atoms with Crippen LogP contribution in [0.25, 0.3) is 0 Å². The van der Waals surface area contributed by atoms with Crippen LogP contribution in [0.3, 0.4) is 0 Å². The molecule has 0 amide bonds. The third-order valence-corrected chi connectivity index (χ3v) is 5.75. The van der Waals surface area contributed by atoms with E-state index in [0.717, 1.165) is 27.5 Å². The lowest BCUT2D eigenvalue weighted by Gasteiger charge is -2.18. The molecule has 4 heteroatoms. The zero-order valence-corrected chi connectivity index (χ0v) is 13.7. The molecule has 1 N–H and O–H groups in total. The van der Waals surface area contributed by atoms with Crippen molar-refractivity contribution < 1.29 is 4.39 Å². The van der Waals surface area contributed by atoms with Gasteiger partial charge in [-0.05, 0) is 50.1 Å². The lowest BCUT2D eigenvalue weighted by molar-refractivity contribution is 0.567. The summed E-state index contributed by atoms with van der Waals surface area (Å²) < 4.78 is 14.7. The van der Waals surface area contributed by atoms with Crippen LogP contribution in [0.5, 0.6) is 0 Å². The Morgan fingerprint density at radius 1 is 1.42 bits per heavy atom. The van der Waals surface area contributed by atoms with Crippen LogP contribution in [0.4, 0.5) is 4.39 Å². The van der Waals surface area contributed by atoms with Gasteiger partial charge >= 0.3 is 0 Å². The predicted molar refractivity (Wildman–Crippen MR) is 85.4 cm³/mol. The highest BCUT2D eigenvalue weighted by molar-refractivity contribution is 9.10. The molecule has 1 aromatic carbocycles. The van der Waals surface area contributed by atoms with Gasteiger partial charge in [0.05, 0.1) is 0 Å². The summed E-state index contributed by atoms with van der Waals surface area (Å²) in [5.41, 5.74) is 0.792. The Labute approximate surface area is 127 Å². The van der Waals surface area contributed by atoms with Crippen LogP contribution in [-0.2, 0) is 6.42 Å². The first-order valence-corrected chi connectivity index (χ1v) is 8.76. The fourth-order valence-electron chi connectivity index (χ4n) is 2.52. The van der Waals surface area contributed by atoms with Crippen molar-refractivity contribution in [2.75, 3.05) is 12.8 Å². The van der Waals surface area contributed by atoms with Gasteiger partial charge in [0.2, 0.25) is 0 Å². The maximum Gasteiger partial charge on any atom is 0.126 e. The molecule has 1 aromatic rings. The fraction of sp³-hybridized carbons (Fsp3) is 0.600. The minimum atomic E-state index is -0.102. The van der Waals surface area contributed by atoms with E-state index in [9.17, 15) is 4.39 Å². The molecule has 1 saturated carbocycles. The number of rotatable bonds is 6. The molecule has 0 radical (unpaired) electrons. The van der Waals surface area contributed by atoms with Crippen LogP contribution in [0.1, 0.15) is 31.2 Å². The van der Waals surface area contributed by atoms with Gasteiger partial charge in [-0.15, -0.1) is 0 Å². The SMILES string of the molecule is CNC(CSC1CCCC1)Cc1cc(Br)ccc1F. The minimum absolute atomic E-state index is 0.102. The largest absolute Gasteiger partial charge is 0.316 e. The molecule has 1 fully saturated rings. The summed E-state index contributed by atoms with van der Waals surface area (Å²) in [6, 6.07) is 5.52. The van der Waals surface area contributed by atoms with E-state index in [0.29, 0.717) is 6.04 Å². The maximum absolute atomic E-state index is 13.8. The van der Waals surface area contributed by atoms with Gasteiger partial charge < -0.3 is 5.32 Å². The van der Waals surface area contributed by atoms with E-state index >= 15 is 0 Å². The topological polar surface area (TPSA) is 12.0 Å². The molecule has 1 aliphatic carbocycles. The van der Waals surface area contributed by atoms with Gasteiger partial charge in [-0.2, -0.15) is 11.8 Å². The number of benzene rings is 1. The monoisotopic (exact) mass is 345 g/mol. The van der Waals surface area contributed by atoms with Crippen molar-refractivity contribution in [2.24, 2.45) is 0 Å². The lowest BCUT2D eigenvalue weighted by Crippen LogP contribution is -2.31. The molecule has 0 aromatic heterocycles. The highest BCUT2D eigenvalue weighted by Gasteiger charge is 2.18. The molecule has 2 rings (SSSR count). The molecule has 0 heterocycles. The zero-order chi connectivity index (χ0) is 13.7. The van der Waals surface area contributed by atoms with Crippen LogP contribution in [0, 0.1) is 5.82 Å². The van der Waals surface area contributed by atoms with E-state index in [2.05, 4.69) is 21.2 Å². The van der Waals surface area contributed by atoms with Gasteiger partial charge in [0.25, 0.3) is 0 Å².